The van der Waals surface area contributed by atoms with Crippen LogP contribution in [-0.4, -0.2) is 38.5 Å². The second kappa shape index (κ2) is 11.0. The van der Waals surface area contributed by atoms with Crippen molar-refractivity contribution in [1.82, 2.24) is 0 Å². The highest BCUT2D eigenvalue weighted by Gasteiger charge is 2.39. The fourth-order valence-electron chi connectivity index (χ4n) is 3.65. The molecule has 0 fully saturated rings. The molecule has 1 heterocycles. The van der Waals surface area contributed by atoms with Gasteiger partial charge in [0.15, 0.2) is 0 Å². The lowest BCUT2D eigenvalue weighted by Crippen LogP contribution is -2.32. The molecule has 1 aliphatic rings. The molecule has 0 aromatic heterocycles. The first-order chi connectivity index (χ1) is 17.9. The molecule has 0 spiro atoms. The van der Waals surface area contributed by atoms with Gasteiger partial charge in [0.25, 0.3) is 17.7 Å². The summed E-state index contributed by atoms with van der Waals surface area (Å²) in [5.74, 6) is 0.0852. The Labute approximate surface area is 218 Å². The van der Waals surface area contributed by atoms with E-state index in [1.165, 1.54) is 7.11 Å². The lowest BCUT2D eigenvalue weighted by atomic mass is 10.1. The summed E-state index contributed by atoms with van der Waals surface area (Å²) >= 11 is 6.22. The number of halogens is 1. The number of benzene rings is 3. The second-order valence-corrected chi connectivity index (χ2v) is 8.16. The van der Waals surface area contributed by atoms with Crippen LogP contribution in [0.1, 0.15) is 17.3 Å². The molecule has 0 atom stereocenters. The van der Waals surface area contributed by atoms with Gasteiger partial charge in [0.05, 0.1) is 32.2 Å². The van der Waals surface area contributed by atoms with Crippen LogP contribution >= 0.6 is 11.6 Å². The molecular formula is C27H24ClN3O6. The molecule has 3 aromatic carbocycles. The summed E-state index contributed by atoms with van der Waals surface area (Å²) in [6.45, 7) is 2.36. The fraction of sp³-hybridized carbons (Fsp3) is 0.148. The highest BCUT2D eigenvalue weighted by molar-refractivity contribution is 6.53. The fourth-order valence-corrected chi connectivity index (χ4v) is 3.86. The van der Waals surface area contributed by atoms with E-state index in [0.29, 0.717) is 46.5 Å². The van der Waals surface area contributed by atoms with Crippen molar-refractivity contribution in [3.05, 3.63) is 83.0 Å². The first-order valence-corrected chi connectivity index (χ1v) is 11.7. The van der Waals surface area contributed by atoms with Gasteiger partial charge in [-0.05, 0) is 67.6 Å². The number of methoxy groups -OCH3 is 2. The summed E-state index contributed by atoms with van der Waals surface area (Å²) in [5.41, 5.74) is 1.64. The monoisotopic (exact) mass is 521 g/mol. The van der Waals surface area contributed by atoms with E-state index in [4.69, 9.17) is 25.8 Å². The van der Waals surface area contributed by atoms with E-state index in [2.05, 4.69) is 10.6 Å². The molecular weight excluding hydrogens is 498 g/mol. The van der Waals surface area contributed by atoms with E-state index < -0.39 is 11.8 Å². The van der Waals surface area contributed by atoms with Crippen LogP contribution in [0.15, 0.2) is 77.5 Å². The number of rotatable bonds is 9. The maximum atomic E-state index is 13.0. The van der Waals surface area contributed by atoms with Crippen LogP contribution in [0.3, 0.4) is 0 Å². The second-order valence-electron chi connectivity index (χ2n) is 7.78. The zero-order chi connectivity index (χ0) is 26.5. The van der Waals surface area contributed by atoms with Crippen molar-refractivity contribution in [3.63, 3.8) is 0 Å². The van der Waals surface area contributed by atoms with E-state index in [9.17, 15) is 14.4 Å². The summed E-state index contributed by atoms with van der Waals surface area (Å²) in [4.78, 5) is 39.5. The lowest BCUT2D eigenvalue weighted by molar-refractivity contribution is -0.120. The molecule has 37 heavy (non-hydrogen) atoms. The summed E-state index contributed by atoms with van der Waals surface area (Å²) in [5, 5.41) is 5.46. The number of ether oxygens (including phenoxy) is 3. The number of hydrogen-bond donors (Lipinski definition) is 2. The van der Waals surface area contributed by atoms with Gasteiger partial charge in [0, 0.05) is 17.3 Å². The van der Waals surface area contributed by atoms with Crippen molar-refractivity contribution in [1.29, 1.82) is 0 Å². The van der Waals surface area contributed by atoms with Crippen LogP contribution in [0.5, 0.6) is 17.2 Å². The predicted molar refractivity (Wildman–Crippen MR) is 141 cm³/mol. The first-order valence-electron chi connectivity index (χ1n) is 11.3. The molecule has 0 unspecified atom stereocenters. The lowest BCUT2D eigenvalue weighted by Gasteiger charge is -2.16. The number of nitrogens with one attached hydrogen (secondary N) is 2. The van der Waals surface area contributed by atoms with Gasteiger partial charge in [-0.3, -0.25) is 14.4 Å². The van der Waals surface area contributed by atoms with Crippen molar-refractivity contribution < 1.29 is 28.6 Å². The van der Waals surface area contributed by atoms with Gasteiger partial charge in [-0.1, -0.05) is 11.6 Å². The Hall–Kier alpha value is -4.50. The van der Waals surface area contributed by atoms with Crippen LogP contribution in [0.4, 0.5) is 17.1 Å². The largest absolute Gasteiger partial charge is 0.497 e. The molecule has 10 heteroatoms. The van der Waals surface area contributed by atoms with Crippen molar-refractivity contribution >= 4 is 46.4 Å². The van der Waals surface area contributed by atoms with E-state index in [-0.39, 0.29) is 16.6 Å². The third-order valence-electron chi connectivity index (χ3n) is 5.51. The van der Waals surface area contributed by atoms with Crippen LogP contribution in [0, 0.1) is 0 Å². The topological polar surface area (TPSA) is 106 Å². The highest BCUT2D eigenvalue weighted by atomic mass is 35.5. The molecule has 3 aromatic rings. The zero-order valence-electron chi connectivity index (χ0n) is 20.3. The average molecular weight is 522 g/mol. The van der Waals surface area contributed by atoms with Crippen LogP contribution in [0.25, 0.3) is 0 Å². The molecule has 3 amide bonds. The minimum absolute atomic E-state index is 0.0549. The average Bonchev–Trinajstić information content (AvgIpc) is 3.12. The minimum atomic E-state index is -0.636. The van der Waals surface area contributed by atoms with Crippen LogP contribution < -0.4 is 29.7 Å². The quantitative estimate of drug-likeness (QED) is 0.390. The third kappa shape index (κ3) is 5.36. The number of nitrogens with zero attached hydrogens (tertiary/aromatic N) is 1. The summed E-state index contributed by atoms with van der Waals surface area (Å²) < 4.78 is 15.9. The molecule has 9 nitrogen and oxygen atoms in total. The van der Waals surface area contributed by atoms with Gasteiger partial charge in [0.2, 0.25) is 0 Å². The Bertz CT molecular complexity index is 1370. The van der Waals surface area contributed by atoms with Crippen molar-refractivity contribution in [2.75, 3.05) is 36.4 Å². The zero-order valence-corrected chi connectivity index (χ0v) is 21.1. The Kier molecular flexibility index (Phi) is 7.64. The van der Waals surface area contributed by atoms with Gasteiger partial charge in [0.1, 0.15) is 28.0 Å². The molecule has 1 aliphatic heterocycles. The number of imide groups is 1. The third-order valence-corrected chi connectivity index (χ3v) is 5.86. The maximum Gasteiger partial charge on any atom is 0.283 e. The van der Waals surface area contributed by atoms with E-state index >= 15 is 0 Å². The van der Waals surface area contributed by atoms with Gasteiger partial charge >= 0.3 is 0 Å². The highest BCUT2D eigenvalue weighted by Crippen LogP contribution is 2.32. The van der Waals surface area contributed by atoms with Gasteiger partial charge in [-0.15, -0.1) is 0 Å². The van der Waals surface area contributed by atoms with E-state index in [1.54, 1.807) is 73.8 Å². The molecule has 4 rings (SSSR count). The molecule has 190 valence electrons. The van der Waals surface area contributed by atoms with Gasteiger partial charge in [-0.25, -0.2) is 4.90 Å². The van der Waals surface area contributed by atoms with Crippen molar-refractivity contribution in [2.24, 2.45) is 0 Å². The van der Waals surface area contributed by atoms with Crippen molar-refractivity contribution in [3.8, 4) is 17.2 Å². The van der Waals surface area contributed by atoms with E-state index in [0.717, 1.165) is 4.90 Å². The Morgan fingerprint density at radius 3 is 2.19 bits per heavy atom. The number of hydrogen-bond acceptors (Lipinski definition) is 7. The molecule has 0 aliphatic carbocycles. The maximum absolute atomic E-state index is 13.0. The molecule has 2 N–H and O–H groups in total. The first kappa shape index (κ1) is 25.6. The van der Waals surface area contributed by atoms with Crippen LogP contribution in [0.2, 0.25) is 0 Å². The van der Waals surface area contributed by atoms with Gasteiger partial charge < -0.3 is 24.8 Å². The smallest absolute Gasteiger partial charge is 0.283 e. The van der Waals surface area contributed by atoms with Crippen LogP contribution in [-0.2, 0) is 9.59 Å². The number of carbonyl (C=O) groups excluding carboxylic acids is 3. The number of amides is 3. The summed E-state index contributed by atoms with van der Waals surface area (Å²) in [7, 11) is 3.04. The summed E-state index contributed by atoms with van der Waals surface area (Å²) in [6.07, 6.45) is 0. The molecule has 0 bridgehead atoms. The molecule has 0 saturated heterocycles. The standard InChI is InChI=1S/C27H24ClN3O6/c1-4-37-19-11-9-18(10-12-19)31-26(33)23(28)24(27(31)34)29-17-7-5-16(6-8-17)25(32)30-21-14-13-20(35-2)15-22(21)36-3/h5-15,29H,4H2,1-3H3,(H,30,32). The Morgan fingerprint density at radius 1 is 0.892 bits per heavy atom. The SMILES string of the molecule is CCOc1ccc(N2C(=O)C(Cl)=C(Nc3ccc(C(=O)Nc4ccc(OC)cc4OC)cc3)C2=O)cc1. The normalized spacial score (nSPS) is 13.0. The summed E-state index contributed by atoms with van der Waals surface area (Å²) in [6, 6.07) is 18.0. The minimum Gasteiger partial charge on any atom is -0.497 e. The number of carbonyl (C=O) groups is 3. The Balaban J connectivity index is 1.46. The number of anilines is 3. The molecule has 0 radical (unpaired) electrons. The predicted octanol–water partition coefficient (Wildman–Crippen LogP) is 4.79. The molecule has 0 saturated carbocycles. The Morgan fingerprint density at radius 2 is 1.57 bits per heavy atom. The van der Waals surface area contributed by atoms with Crippen molar-refractivity contribution in [2.45, 2.75) is 6.92 Å². The van der Waals surface area contributed by atoms with Gasteiger partial charge in [-0.2, -0.15) is 0 Å². The van der Waals surface area contributed by atoms with E-state index in [1.807, 2.05) is 6.92 Å².